The molecule has 0 atom stereocenters. The number of nitrogens with zero attached hydrogens (tertiary/aromatic N) is 3. The first-order valence-corrected chi connectivity index (χ1v) is 12.5. The van der Waals surface area contributed by atoms with Crippen LogP contribution in [0, 0.1) is 6.92 Å². The van der Waals surface area contributed by atoms with E-state index in [-0.39, 0.29) is 10.6 Å². The second-order valence-electron chi connectivity index (χ2n) is 8.26. The maximum atomic E-state index is 12.9. The van der Waals surface area contributed by atoms with E-state index >= 15 is 0 Å². The predicted molar refractivity (Wildman–Crippen MR) is 130 cm³/mol. The average Bonchev–Trinajstić information content (AvgIpc) is 2.84. The Hall–Kier alpha value is -3.64. The van der Waals surface area contributed by atoms with Crippen LogP contribution in [0.1, 0.15) is 11.1 Å². The molecule has 0 saturated carbocycles. The van der Waals surface area contributed by atoms with Gasteiger partial charge < -0.3 is 15.5 Å². The van der Waals surface area contributed by atoms with Crippen molar-refractivity contribution in [2.45, 2.75) is 18.0 Å². The lowest BCUT2D eigenvalue weighted by atomic mass is 10.2. The van der Waals surface area contributed by atoms with Gasteiger partial charge in [-0.15, -0.1) is 0 Å². The molecular weight excluding hydrogens is 495 g/mol. The molecule has 0 aliphatic carbocycles. The summed E-state index contributed by atoms with van der Waals surface area (Å²) in [6.07, 6.45) is -2.99. The summed E-state index contributed by atoms with van der Waals surface area (Å²) in [5, 5.41) is 5.04. The molecule has 12 heteroatoms. The fraction of sp³-hybridized carbons (Fsp3) is 0.250. The van der Waals surface area contributed by atoms with Gasteiger partial charge in [-0.2, -0.15) is 17.5 Å². The molecule has 2 aromatic carbocycles. The first-order chi connectivity index (χ1) is 17.0. The Bertz CT molecular complexity index is 1310. The lowest BCUT2D eigenvalue weighted by Gasteiger charge is -2.34. The highest BCUT2D eigenvalue weighted by atomic mass is 32.2. The molecule has 0 radical (unpaired) electrons. The molecule has 1 fully saturated rings. The molecule has 0 unspecified atom stereocenters. The second-order valence-corrected chi connectivity index (χ2v) is 10.2. The minimum atomic E-state index is -4.45. The zero-order valence-corrected chi connectivity index (χ0v) is 20.1. The highest BCUT2D eigenvalue weighted by Gasteiger charge is 2.30. The topological polar surface area (TPSA) is 94.6 Å². The smallest absolute Gasteiger partial charge is 0.354 e. The molecular formula is C24H24F3N5O3S. The second kappa shape index (κ2) is 10.2. The van der Waals surface area contributed by atoms with Crippen molar-refractivity contribution in [3.05, 3.63) is 78.0 Å². The number of aryl methyl sites for hydroxylation is 1. The van der Waals surface area contributed by atoms with Crippen LogP contribution in [0.5, 0.6) is 0 Å². The molecule has 3 aromatic rings. The number of nitrogens with one attached hydrogen (secondary N) is 2. The number of piperazine rings is 1. The Morgan fingerprint density at radius 2 is 1.44 bits per heavy atom. The summed E-state index contributed by atoms with van der Waals surface area (Å²) in [5.74, 6) is 0.635. The van der Waals surface area contributed by atoms with Gasteiger partial charge in [0.1, 0.15) is 5.82 Å². The van der Waals surface area contributed by atoms with Crippen molar-refractivity contribution < 1.29 is 26.4 Å². The third kappa shape index (κ3) is 5.94. The van der Waals surface area contributed by atoms with E-state index in [1.54, 1.807) is 36.4 Å². The molecule has 0 spiro atoms. The van der Waals surface area contributed by atoms with E-state index in [1.165, 1.54) is 22.6 Å². The number of amides is 2. The maximum Gasteiger partial charge on any atom is 0.416 e. The minimum absolute atomic E-state index is 0.212. The molecule has 1 aliphatic rings. The first-order valence-electron chi connectivity index (χ1n) is 11.1. The van der Waals surface area contributed by atoms with Gasteiger partial charge in [0.05, 0.1) is 22.3 Å². The number of benzene rings is 2. The van der Waals surface area contributed by atoms with Gasteiger partial charge in [0.2, 0.25) is 10.0 Å². The van der Waals surface area contributed by atoms with Gasteiger partial charge in [-0.05, 0) is 55.5 Å². The summed E-state index contributed by atoms with van der Waals surface area (Å²) >= 11 is 0. The quantitative estimate of drug-likeness (QED) is 0.515. The third-order valence-electron chi connectivity index (χ3n) is 5.70. The van der Waals surface area contributed by atoms with Crippen molar-refractivity contribution in [2.75, 3.05) is 41.7 Å². The van der Waals surface area contributed by atoms with E-state index < -0.39 is 27.8 Å². The first kappa shape index (κ1) is 25.5. The van der Waals surface area contributed by atoms with Gasteiger partial charge in [0, 0.05) is 31.9 Å². The number of hydrogen-bond acceptors (Lipinski definition) is 5. The van der Waals surface area contributed by atoms with Crippen molar-refractivity contribution in [1.82, 2.24) is 9.29 Å². The van der Waals surface area contributed by atoms with Crippen LogP contribution in [-0.2, 0) is 16.2 Å². The summed E-state index contributed by atoms with van der Waals surface area (Å²) in [4.78, 5) is 18.7. The number of carbonyl (C=O) groups is 1. The Labute approximate surface area is 206 Å². The zero-order chi connectivity index (χ0) is 25.9. The highest BCUT2D eigenvalue weighted by molar-refractivity contribution is 7.89. The molecule has 2 N–H and O–H groups in total. The van der Waals surface area contributed by atoms with Crippen molar-refractivity contribution in [2.24, 2.45) is 0 Å². The van der Waals surface area contributed by atoms with Crippen molar-refractivity contribution in [1.29, 1.82) is 0 Å². The number of alkyl halides is 3. The number of pyridine rings is 1. The number of anilines is 3. The molecule has 8 nitrogen and oxygen atoms in total. The van der Waals surface area contributed by atoms with E-state index in [0.29, 0.717) is 37.7 Å². The van der Waals surface area contributed by atoms with E-state index in [9.17, 15) is 26.4 Å². The van der Waals surface area contributed by atoms with E-state index in [1.807, 2.05) is 11.8 Å². The maximum absolute atomic E-state index is 12.9. The summed E-state index contributed by atoms with van der Waals surface area (Å²) in [7, 11) is -3.56. The number of aromatic nitrogens is 1. The van der Waals surface area contributed by atoms with Gasteiger partial charge in [-0.1, -0.05) is 17.7 Å². The van der Waals surface area contributed by atoms with Gasteiger partial charge in [0.25, 0.3) is 0 Å². The monoisotopic (exact) mass is 519 g/mol. The molecule has 36 heavy (non-hydrogen) atoms. The Morgan fingerprint density at radius 1 is 0.861 bits per heavy atom. The largest absolute Gasteiger partial charge is 0.416 e. The van der Waals surface area contributed by atoms with E-state index in [0.717, 1.165) is 17.7 Å². The third-order valence-corrected chi connectivity index (χ3v) is 7.61. The molecule has 1 aliphatic heterocycles. The minimum Gasteiger partial charge on any atom is -0.354 e. The zero-order valence-electron chi connectivity index (χ0n) is 19.3. The van der Waals surface area contributed by atoms with E-state index in [4.69, 9.17) is 0 Å². The fourth-order valence-corrected chi connectivity index (χ4v) is 5.12. The van der Waals surface area contributed by atoms with Gasteiger partial charge >= 0.3 is 12.2 Å². The number of rotatable bonds is 5. The summed E-state index contributed by atoms with van der Waals surface area (Å²) in [5.41, 5.74) is 0.786. The lowest BCUT2D eigenvalue weighted by molar-refractivity contribution is -0.137. The summed E-state index contributed by atoms with van der Waals surface area (Å²) in [6, 6.07) is 13.6. The Morgan fingerprint density at radius 3 is 2.00 bits per heavy atom. The molecule has 2 heterocycles. The van der Waals surface area contributed by atoms with Crippen LogP contribution in [0.4, 0.5) is 35.2 Å². The van der Waals surface area contributed by atoms with Crippen molar-refractivity contribution in [3.63, 3.8) is 0 Å². The van der Waals surface area contributed by atoms with Gasteiger partial charge in [-0.25, -0.2) is 18.2 Å². The summed E-state index contributed by atoms with van der Waals surface area (Å²) in [6.45, 7) is 3.44. The standard InChI is InChI=1S/C24H24F3N5O3S/c1-17-2-9-21(10-3-17)36(34,35)32-14-12-31(13-15-32)22-11-8-20(16-28-22)30-23(33)29-19-6-4-18(5-7-19)24(25,26)27/h2-11,16H,12-15H2,1H3,(H2,29,30,33). The number of carbonyl (C=O) groups excluding carboxylic acids is 1. The Balaban J connectivity index is 1.30. The molecule has 2 amide bonds. The Kier molecular flexibility index (Phi) is 7.18. The molecule has 4 rings (SSSR count). The molecule has 190 valence electrons. The molecule has 1 aromatic heterocycles. The van der Waals surface area contributed by atoms with Crippen LogP contribution in [0.15, 0.2) is 71.8 Å². The normalized spacial score (nSPS) is 14.9. The van der Waals surface area contributed by atoms with Gasteiger partial charge in [-0.3, -0.25) is 0 Å². The van der Waals surface area contributed by atoms with Crippen molar-refractivity contribution in [3.8, 4) is 0 Å². The van der Waals surface area contributed by atoms with Crippen LogP contribution in [0.25, 0.3) is 0 Å². The predicted octanol–water partition coefficient (Wildman–Crippen LogP) is 4.56. The van der Waals surface area contributed by atoms with E-state index in [2.05, 4.69) is 15.6 Å². The van der Waals surface area contributed by atoms with Crippen LogP contribution in [-0.4, -0.2) is 49.9 Å². The SMILES string of the molecule is Cc1ccc(S(=O)(=O)N2CCN(c3ccc(NC(=O)Nc4ccc(C(F)(F)F)cc4)cn3)CC2)cc1. The van der Waals surface area contributed by atoms with Crippen molar-refractivity contribution >= 4 is 33.2 Å². The number of urea groups is 1. The number of hydrogen-bond donors (Lipinski definition) is 2. The molecule has 0 bridgehead atoms. The lowest BCUT2D eigenvalue weighted by Crippen LogP contribution is -2.48. The average molecular weight is 520 g/mol. The summed E-state index contributed by atoms with van der Waals surface area (Å²) < 4.78 is 65.2. The van der Waals surface area contributed by atoms with Crippen LogP contribution < -0.4 is 15.5 Å². The van der Waals surface area contributed by atoms with Crippen LogP contribution >= 0.6 is 0 Å². The molecule has 1 saturated heterocycles. The highest BCUT2D eigenvalue weighted by Crippen LogP contribution is 2.30. The number of sulfonamides is 1. The fourth-order valence-electron chi connectivity index (χ4n) is 3.70. The van der Waals surface area contributed by atoms with Crippen LogP contribution in [0.2, 0.25) is 0 Å². The number of halogens is 3. The van der Waals surface area contributed by atoms with Gasteiger partial charge in [0.15, 0.2) is 0 Å². The van der Waals surface area contributed by atoms with Crippen LogP contribution in [0.3, 0.4) is 0 Å².